The first kappa shape index (κ1) is 19.9. The van der Waals surface area contributed by atoms with Gasteiger partial charge >= 0.3 is 0 Å². The average Bonchev–Trinajstić information content (AvgIpc) is 2.94. The van der Waals surface area contributed by atoms with Gasteiger partial charge in [0.1, 0.15) is 0 Å². The van der Waals surface area contributed by atoms with E-state index in [2.05, 4.69) is 27.7 Å². The molecule has 0 aromatic heterocycles. The van der Waals surface area contributed by atoms with Crippen molar-refractivity contribution in [2.45, 2.75) is 97.5 Å². The summed E-state index contributed by atoms with van der Waals surface area (Å²) >= 11 is 0. The van der Waals surface area contributed by atoms with E-state index in [1.165, 1.54) is 64.2 Å². The molecule has 1 fully saturated rings. The normalized spacial score (nSPS) is 15.0. The summed E-state index contributed by atoms with van der Waals surface area (Å²) in [5.74, 6) is 0. The molecular formula is C18H38O2. The van der Waals surface area contributed by atoms with E-state index in [9.17, 15) is 0 Å². The maximum atomic E-state index is 5.67. The van der Waals surface area contributed by atoms with Crippen molar-refractivity contribution in [3.05, 3.63) is 0 Å². The summed E-state index contributed by atoms with van der Waals surface area (Å²) in [7, 11) is 0. The van der Waals surface area contributed by atoms with Crippen LogP contribution in [0.5, 0.6) is 0 Å². The molecule has 2 heteroatoms. The summed E-state index contributed by atoms with van der Waals surface area (Å²) in [6.45, 7) is 11.6. The lowest BCUT2D eigenvalue weighted by Gasteiger charge is -2.19. The van der Waals surface area contributed by atoms with Crippen LogP contribution in [0.4, 0.5) is 0 Å². The van der Waals surface area contributed by atoms with Gasteiger partial charge in [-0.2, -0.15) is 0 Å². The van der Waals surface area contributed by atoms with Gasteiger partial charge in [0.15, 0.2) is 0 Å². The number of ether oxygens (including phenoxy) is 2. The van der Waals surface area contributed by atoms with E-state index >= 15 is 0 Å². The van der Waals surface area contributed by atoms with Crippen molar-refractivity contribution >= 4 is 0 Å². The monoisotopic (exact) mass is 286 g/mol. The second kappa shape index (κ2) is 13.9. The third-order valence-electron chi connectivity index (χ3n) is 3.36. The van der Waals surface area contributed by atoms with Gasteiger partial charge in [-0.25, -0.2) is 0 Å². The fourth-order valence-electron chi connectivity index (χ4n) is 2.12. The van der Waals surface area contributed by atoms with E-state index in [0.717, 1.165) is 19.8 Å². The maximum Gasteiger partial charge on any atom is 0.0598 e. The van der Waals surface area contributed by atoms with Crippen LogP contribution in [0, 0.1) is 0 Å². The molecule has 1 aliphatic rings. The van der Waals surface area contributed by atoms with Gasteiger partial charge in [-0.1, -0.05) is 51.9 Å². The van der Waals surface area contributed by atoms with Crippen molar-refractivity contribution in [1.29, 1.82) is 0 Å². The lowest BCUT2D eigenvalue weighted by atomic mass is 10.1. The molecule has 2 nitrogen and oxygen atoms in total. The van der Waals surface area contributed by atoms with Crippen LogP contribution in [0.25, 0.3) is 0 Å². The standard InChI is InChI=1S/C14H30O.C4H8O/c1-5-6-7-8-9-10-11-12-13-15-14(2,3)4;1-2-4-5-3-1/h5-13H2,1-4H3;1-4H2. The third kappa shape index (κ3) is 17.9. The minimum absolute atomic E-state index is 0.0428. The van der Waals surface area contributed by atoms with Gasteiger partial charge in [0, 0.05) is 19.8 Å². The summed E-state index contributed by atoms with van der Waals surface area (Å²) in [4.78, 5) is 0. The second-order valence-corrected chi connectivity index (χ2v) is 6.76. The van der Waals surface area contributed by atoms with Crippen LogP contribution < -0.4 is 0 Å². The number of unbranched alkanes of at least 4 members (excludes halogenated alkanes) is 7. The quantitative estimate of drug-likeness (QED) is 0.503. The third-order valence-corrected chi connectivity index (χ3v) is 3.36. The highest BCUT2D eigenvalue weighted by atomic mass is 16.5. The Labute approximate surface area is 127 Å². The first-order valence-corrected chi connectivity index (χ1v) is 8.78. The Morgan fingerprint density at radius 2 is 1.30 bits per heavy atom. The van der Waals surface area contributed by atoms with Crippen LogP contribution in [-0.4, -0.2) is 25.4 Å². The average molecular weight is 286 g/mol. The van der Waals surface area contributed by atoms with E-state index in [1.54, 1.807) is 0 Å². The lowest BCUT2D eigenvalue weighted by molar-refractivity contribution is -0.00474. The highest BCUT2D eigenvalue weighted by Crippen LogP contribution is 2.11. The summed E-state index contributed by atoms with van der Waals surface area (Å²) in [6.07, 6.45) is 13.5. The molecule has 0 spiro atoms. The van der Waals surface area contributed by atoms with E-state index in [1.807, 2.05) is 0 Å². The molecule has 0 amide bonds. The Morgan fingerprint density at radius 3 is 1.70 bits per heavy atom. The number of rotatable bonds is 9. The molecule has 20 heavy (non-hydrogen) atoms. The molecular weight excluding hydrogens is 248 g/mol. The van der Waals surface area contributed by atoms with Crippen LogP contribution >= 0.6 is 0 Å². The predicted molar refractivity (Wildman–Crippen MR) is 88.4 cm³/mol. The first-order valence-electron chi connectivity index (χ1n) is 8.78. The molecule has 0 aromatic carbocycles. The van der Waals surface area contributed by atoms with Gasteiger partial charge in [0.25, 0.3) is 0 Å². The highest BCUT2D eigenvalue weighted by molar-refractivity contribution is 4.58. The molecule has 0 unspecified atom stereocenters. The fourth-order valence-corrected chi connectivity index (χ4v) is 2.12. The smallest absolute Gasteiger partial charge is 0.0598 e. The Bertz CT molecular complexity index is 173. The minimum Gasteiger partial charge on any atom is -0.381 e. The van der Waals surface area contributed by atoms with Crippen molar-refractivity contribution in [2.24, 2.45) is 0 Å². The zero-order valence-electron chi connectivity index (χ0n) is 14.5. The van der Waals surface area contributed by atoms with Crippen LogP contribution in [-0.2, 0) is 9.47 Å². The predicted octanol–water partition coefficient (Wildman–Crippen LogP) is 5.74. The topological polar surface area (TPSA) is 18.5 Å². The number of hydrogen-bond donors (Lipinski definition) is 0. The maximum absolute atomic E-state index is 5.67. The highest BCUT2D eigenvalue weighted by Gasteiger charge is 2.08. The molecule has 1 heterocycles. The van der Waals surface area contributed by atoms with Crippen LogP contribution in [0.3, 0.4) is 0 Å². The summed E-state index contributed by atoms with van der Waals surface area (Å²) in [5.41, 5.74) is 0.0428. The van der Waals surface area contributed by atoms with E-state index in [4.69, 9.17) is 9.47 Å². The molecule has 0 aliphatic carbocycles. The van der Waals surface area contributed by atoms with E-state index < -0.39 is 0 Å². The van der Waals surface area contributed by atoms with Gasteiger partial charge in [-0.05, 0) is 40.0 Å². The Morgan fingerprint density at radius 1 is 0.800 bits per heavy atom. The molecule has 0 bridgehead atoms. The largest absolute Gasteiger partial charge is 0.381 e. The van der Waals surface area contributed by atoms with Crippen molar-refractivity contribution < 1.29 is 9.47 Å². The lowest BCUT2D eigenvalue weighted by Crippen LogP contribution is -2.19. The molecule has 1 saturated heterocycles. The second-order valence-electron chi connectivity index (χ2n) is 6.76. The molecule has 1 aliphatic heterocycles. The Kier molecular flexibility index (Phi) is 13.8. The van der Waals surface area contributed by atoms with Gasteiger partial charge in [-0.3, -0.25) is 0 Å². The fraction of sp³-hybridized carbons (Fsp3) is 1.00. The van der Waals surface area contributed by atoms with E-state index in [0.29, 0.717) is 0 Å². The summed E-state index contributed by atoms with van der Waals surface area (Å²) < 4.78 is 10.6. The van der Waals surface area contributed by atoms with Gasteiger partial charge in [0.2, 0.25) is 0 Å². The van der Waals surface area contributed by atoms with Crippen LogP contribution in [0.1, 0.15) is 91.9 Å². The molecule has 122 valence electrons. The van der Waals surface area contributed by atoms with Crippen molar-refractivity contribution in [1.82, 2.24) is 0 Å². The van der Waals surface area contributed by atoms with Gasteiger partial charge in [-0.15, -0.1) is 0 Å². The Hall–Kier alpha value is -0.0800. The minimum atomic E-state index is 0.0428. The van der Waals surface area contributed by atoms with Crippen LogP contribution in [0.2, 0.25) is 0 Å². The molecule has 0 radical (unpaired) electrons. The summed E-state index contributed by atoms with van der Waals surface area (Å²) in [5, 5.41) is 0. The van der Waals surface area contributed by atoms with Crippen molar-refractivity contribution in [3.8, 4) is 0 Å². The zero-order chi connectivity index (χ0) is 15.1. The number of hydrogen-bond acceptors (Lipinski definition) is 2. The molecule has 0 aromatic rings. The molecule has 0 saturated carbocycles. The van der Waals surface area contributed by atoms with Crippen molar-refractivity contribution in [3.63, 3.8) is 0 Å². The van der Waals surface area contributed by atoms with Crippen molar-refractivity contribution in [2.75, 3.05) is 19.8 Å². The van der Waals surface area contributed by atoms with Crippen LogP contribution in [0.15, 0.2) is 0 Å². The van der Waals surface area contributed by atoms with Gasteiger partial charge < -0.3 is 9.47 Å². The van der Waals surface area contributed by atoms with E-state index in [-0.39, 0.29) is 5.60 Å². The zero-order valence-corrected chi connectivity index (χ0v) is 14.5. The summed E-state index contributed by atoms with van der Waals surface area (Å²) in [6, 6.07) is 0. The molecule has 0 atom stereocenters. The molecule has 0 N–H and O–H groups in total. The van der Waals surface area contributed by atoms with Gasteiger partial charge in [0.05, 0.1) is 5.60 Å². The molecule has 1 rings (SSSR count). The Balaban J connectivity index is 0.000000595. The SMILES string of the molecule is C1CCOC1.CCCCCCCCCCOC(C)(C)C. The first-order chi connectivity index (χ1) is 9.56.